The van der Waals surface area contributed by atoms with Crippen LogP contribution in [-0.2, 0) is 6.42 Å². The molecule has 0 bridgehead atoms. The summed E-state index contributed by atoms with van der Waals surface area (Å²) in [5, 5.41) is 0.223. The van der Waals surface area contributed by atoms with E-state index in [4.69, 9.17) is 4.43 Å². The number of aryl methyl sites for hydroxylation is 1. The summed E-state index contributed by atoms with van der Waals surface area (Å²) < 4.78 is 6.33. The zero-order valence-corrected chi connectivity index (χ0v) is 14.3. The molecule has 2 heteroatoms. The molecule has 1 nitrogen and oxygen atoms in total. The Morgan fingerprint density at radius 2 is 1.84 bits per heavy atom. The number of benzene rings is 1. The van der Waals surface area contributed by atoms with E-state index in [1.54, 1.807) is 0 Å². The molecular formula is C17H26OSi. The summed E-state index contributed by atoms with van der Waals surface area (Å²) in [6.45, 7) is 15.3. The lowest BCUT2D eigenvalue weighted by molar-refractivity contribution is 0.491. The molecule has 104 valence electrons. The topological polar surface area (TPSA) is 9.23 Å². The molecule has 0 aliphatic heterocycles. The summed E-state index contributed by atoms with van der Waals surface area (Å²) in [7, 11) is -1.75. The fraction of sp³-hybridized carbons (Fsp3) is 0.529. The summed E-state index contributed by atoms with van der Waals surface area (Å²) in [6.07, 6.45) is 0.803. The van der Waals surface area contributed by atoms with Gasteiger partial charge in [0.15, 0.2) is 0 Å². The van der Waals surface area contributed by atoms with Crippen LogP contribution in [0, 0.1) is 18.8 Å². The van der Waals surface area contributed by atoms with Crippen molar-refractivity contribution in [3.05, 3.63) is 29.3 Å². The van der Waals surface area contributed by atoms with Crippen LogP contribution in [0.3, 0.4) is 0 Å². The van der Waals surface area contributed by atoms with E-state index in [2.05, 4.69) is 70.8 Å². The van der Waals surface area contributed by atoms with Gasteiger partial charge in [-0.2, -0.15) is 0 Å². The van der Waals surface area contributed by atoms with Crippen molar-refractivity contribution >= 4 is 8.32 Å². The summed E-state index contributed by atoms with van der Waals surface area (Å²) in [5.74, 6) is 7.08. The lowest BCUT2D eigenvalue weighted by Gasteiger charge is -2.36. The van der Waals surface area contributed by atoms with Crippen molar-refractivity contribution in [3.8, 4) is 17.6 Å². The molecule has 0 saturated carbocycles. The van der Waals surface area contributed by atoms with Crippen LogP contribution in [-0.4, -0.2) is 8.32 Å². The van der Waals surface area contributed by atoms with Crippen LogP contribution in [0.5, 0.6) is 5.75 Å². The predicted molar refractivity (Wildman–Crippen MR) is 86.2 cm³/mol. The lowest BCUT2D eigenvalue weighted by Crippen LogP contribution is -2.43. The second-order valence-corrected chi connectivity index (χ2v) is 11.3. The van der Waals surface area contributed by atoms with Gasteiger partial charge in [0.05, 0.1) is 0 Å². The summed E-state index contributed by atoms with van der Waals surface area (Å²) in [6, 6.07) is 6.37. The van der Waals surface area contributed by atoms with Crippen LogP contribution < -0.4 is 4.43 Å². The molecule has 0 amide bonds. The lowest BCUT2D eigenvalue weighted by atomic mass is 10.1. The Labute approximate surface area is 119 Å². The van der Waals surface area contributed by atoms with Crippen molar-refractivity contribution in [3.63, 3.8) is 0 Å². The van der Waals surface area contributed by atoms with Gasteiger partial charge in [-0.1, -0.05) is 32.8 Å². The van der Waals surface area contributed by atoms with E-state index >= 15 is 0 Å². The first-order valence-corrected chi connectivity index (χ1v) is 9.76. The molecule has 0 saturated heterocycles. The highest BCUT2D eigenvalue weighted by Gasteiger charge is 2.38. The first-order chi connectivity index (χ1) is 8.67. The van der Waals surface area contributed by atoms with E-state index in [0.717, 1.165) is 12.2 Å². The maximum Gasteiger partial charge on any atom is 0.250 e. The Morgan fingerprint density at radius 1 is 1.21 bits per heavy atom. The second kappa shape index (κ2) is 5.84. The summed E-state index contributed by atoms with van der Waals surface area (Å²) >= 11 is 0. The van der Waals surface area contributed by atoms with E-state index < -0.39 is 8.32 Å². The van der Waals surface area contributed by atoms with Crippen molar-refractivity contribution in [2.45, 2.75) is 59.2 Å². The number of hydrogen-bond acceptors (Lipinski definition) is 1. The minimum Gasteiger partial charge on any atom is -0.543 e. The standard InChI is InChI=1S/C17H26OSi/c1-8-9-10-15-13-16(12-11-14(15)2)18-19(6,7)17(3,4)5/h11-13H,10H2,1-7H3. The quantitative estimate of drug-likeness (QED) is 0.560. The highest BCUT2D eigenvalue weighted by Crippen LogP contribution is 2.37. The molecule has 0 spiro atoms. The van der Waals surface area contributed by atoms with E-state index in [0.29, 0.717) is 0 Å². The van der Waals surface area contributed by atoms with Gasteiger partial charge >= 0.3 is 0 Å². The average molecular weight is 274 g/mol. The molecule has 0 radical (unpaired) electrons. The van der Waals surface area contributed by atoms with Gasteiger partial charge in [0.25, 0.3) is 0 Å². The Bertz CT molecular complexity index is 498. The van der Waals surface area contributed by atoms with E-state index in [-0.39, 0.29) is 5.04 Å². The highest BCUT2D eigenvalue weighted by atomic mass is 28.4. The van der Waals surface area contributed by atoms with Crippen molar-refractivity contribution < 1.29 is 4.43 Å². The molecule has 1 rings (SSSR count). The molecule has 0 unspecified atom stereocenters. The van der Waals surface area contributed by atoms with Crippen LogP contribution in [0.15, 0.2) is 18.2 Å². The molecule has 0 N–H and O–H groups in total. The van der Waals surface area contributed by atoms with Gasteiger partial charge in [-0.15, -0.1) is 5.92 Å². The molecule has 19 heavy (non-hydrogen) atoms. The maximum atomic E-state index is 6.33. The smallest absolute Gasteiger partial charge is 0.250 e. The Hall–Kier alpha value is -1.20. The molecule has 1 aromatic carbocycles. The molecule has 0 heterocycles. The fourth-order valence-electron chi connectivity index (χ4n) is 1.53. The first kappa shape index (κ1) is 15.9. The van der Waals surface area contributed by atoms with E-state index in [1.165, 1.54) is 11.1 Å². The van der Waals surface area contributed by atoms with Gasteiger partial charge in [0.2, 0.25) is 8.32 Å². The van der Waals surface area contributed by atoms with Crippen LogP contribution in [0.4, 0.5) is 0 Å². The molecule has 1 aromatic rings. The molecule has 0 aliphatic carbocycles. The highest BCUT2D eigenvalue weighted by molar-refractivity contribution is 6.74. The van der Waals surface area contributed by atoms with Crippen LogP contribution in [0.1, 0.15) is 38.8 Å². The minimum atomic E-state index is -1.75. The molecule has 0 fully saturated rings. The fourth-order valence-corrected chi connectivity index (χ4v) is 2.56. The van der Waals surface area contributed by atoms with Gasteiger partial charge in [0, 0.05) is 6.42 Å². The zero-order chi connectivity index (χ0) is 14.7. The summed E-state index contributed by atoms with van der Waals surface area (Å²) in [5.41, 5.74) is 2.55. The zero-order valence-electron chi connectivity index (χ0n) is 13.3. The van der Waals surface area contributed by atoms with Crippen molar-refractivity contribution in [1.29, 1.82) is 0 Å². The average Bonchev–Trinajstić information content (AvgIpc) is 2.28. The molecule has 0 atom stereocenters. The third kappa shape index (κ3) is 4.14. The Balaban J connectivity index is 2.99. The van der Waals surface area contributed by atoms with Gasteiger partial charge in [0.1, 0.15) is 5.75 Å². The normalized spacial score (nSPS) is 11.7. The van der Waals surface area contributed by atoms with E-state index in [9.17, 15) is 0 Å². The largest absolute Gasteiger partial charge is 0.543 e. The predicted octanol–water partition coefficient (Wildman–Crippen LogP) is 4.94. The summed E-state index contributed by atoms with van der Waals surface area (Å²) in [4.78, 5) is 0. The third-order valence-electron chi connectivity index (χ3n) is 3.96. The van der Waals surface area contributed by atoms with Gasteiger partial charge < -0.3 is 4.43 Å². The maximum absolute atomic E-state index is 6.33. The van der Waals surface area contributed by atoms with Gasteiger partial charge in [-0.05, 0) is 55.2 Å². The Kier molecular flexibility index (Phi) is 4.87. The molecular weight excluding hydrogens is 248 g/mol. The monoisotopic (exact) mass is 274 g/mol. The Morgan fingerprint density at radius 3 is 2.37 bits per heavy atom. The van der Waals surface area contributed by atoms with Crippen LogP contribution in [0.25, 0.3) is 0 Å². The molecule has 0 aromatic heterocycles. The second-order valence-electron chi connectivity index (χ2n) is 6.55. The van der Waals surface area contributed by atoms with Crippen LogP contribution >= 0.6 is 0 Å². The van der Waals surface area contributed by atoms with Gasteiger partial charge in [-0.25, -0.2) is 0 Å². The first-order valence-electron chi connectivity index (χ1n) is 6.85. The van der Waals surface area contributed by atoms with Crippen molar-refractivity contribution in [2.75, 3.05) is 0 Å². The minimum absolute atomic E-state index is 0.223. The molecule has 0 aliphatic rings. The van der Waals surface area contributed by atoms with Gasteiger partial charge in [-0.3, -0.25) is 0 Å². The van der Waals surface area contributed by atoms with Crippen molar-refractivity contribution in [1.82, 2.24) is 0 Å². The van der Waals surface area contributed by atoms with Crippen LogP contribution in [0.2, 0.25) is 18.1 Å². The number of hydrogen-bond donors (Lipinski definition) is 0. The van der Waals surface area contributed by atoms with E-state index in [1.807, 2.05) is 6.92 Å². The third-order valence-corrected chi connectivity index (χ3v) is 8.31. The SMILES string of the molecule is CC#CCc1cc(O[Si](C)(C)C(C)(C)C)ccc1C. The number of rotatable bonds is 3. The van der Waals surface area contributed by atoms with Crippen molar-refractivity contribution in [2.24, 2.45) is 0 Å².